The van der Waals surface area contributed by atoms with Gasteiger partial charge in [0.25, 0.3) is 0 Å². The lowest BCUT2D eigenvalue weighted by molar-refractivity contribution is -0.140. The van der Waals surface area contributed by atoms with Gasteiger partial charge in [-0.25, -0.2) is 22.6 Å². The fraction of sp³-hybridized carbons (Fsp3) is 0.211. The zero-order valence-electron chi connectivity index (χ0n) is 14.8. The molecule has 5 nitrogen and oxygen atoms in total. The minimum atomic E-state index is -1.08. The summed E-state index contributed by atoms with van der Waals surface area (Å²) >= 11 is 0. The number of ether oxygens (including phenoxy) is 1. The average molecular weight is 396 g/mol. The molecular weight excluding hydrogens is 380 g/mol. The number of benzene rings is 2. The number of nitrogens with two attached hydrogens (primary N) is 1. The van der Waals surface area contributed by atoms with Gasteiger partial charge < -0.3 is 10.5 Å². The molecule has 0 saturated heterocycles. The molecule has 0 radical (unpaired) electrons. The summed E-state index contributed by atoms with van der Waals surface area (Å²) < 4.78 is 59.5. The Hall–Kier alpha value is -3.23. The molecule has 0 saturated carbocycles. The van der Waals surface area contributed by atoms with Gasteiger partial charge in [-0.15, -0.1) is 0 Å². The Morgan fingerprint density at radius 2 is 1.68 bits per heavy atom. The van der Waals surface area contributed by atoms with Crippen LogP contribution in [0.1, 0.15) is 29.3 Å². The van der Waals surface area contributed by atoms with Crippen LogP contribution >= 0.6 is 0 Å². The summed E-state index contributed by atoms with van der Waals surface area (Å²) in [5.41, 5.74) is 4.67. The third kappa shape index (κ3) is 5.63. The van der Waals surface area contributed by atoms with Gasteiger partial charge >= 0.3 is 5.97 Å². The second-order valence-corrected chi connectivity index (χ2v) is 5.83. The number of halogens is 4. The van der Waals surface area contributed by atoms with Crippen LogP contribution in [0.15, 0.2) is 35.3 Å². The number of Topliss-reactive ketones (excluding diaryl/α,β-unsaturated/α-hetero) is 1. The maximum Gasteiger partial charge on any atom is 0.302 e. The van der Waals surface area contributed by atoms with Gasteiger partial charge in [0, 0.05) is 19.4 Å². The van der Waals surface area contributed by atoms with Crippen molar-refractivity contribution in [2.24, 2.45) is 10.7 Å². The summed E-state index contributed by atoms with van der Waals surface area (Å²) in [5, 5.41) is 0. The zero-order valence-corrected chi connectivity index (χ0v) is 14.8. The second-order valence-electron chi connectivity index (χ2n) is 5.83. The van der Waals surface area contributed by atoms with Crippen LogP contribution in [0, 0.1) is 23.3 Å². The summed E-state index contributed by atoms with van der Waals surface area (Å²) in [6, 6.07) is 4.38. The normalized spacial score (nSPS) is 11.4. The molecule has 0 spiro atoms. The van der Waals surface area contributed by atoms with Crippen LogP contribution in [-0.2, 0) is 16.0 Å². The van der Waals surface area contributed by atoms with Gasteiger partial charge in [-0.1, -0.05) is 0 Å². The number of carbonyl (C=O) groups excluding carboxylic acids is 2. The van der Waals surface area contributed by atoms with Gasteiger partial charge in [0.15, 0.2) is 17.4 Å². The molecule has 2 aromatic rings. The lowest BCUT2D eigenvalue weighted by Crippen LogP contribution is -2.18. The molecular formula is C19H16F4N2O3. The van der Waals surface area contributed by atoms with Crippen molar-refractivity contribution in [3.63, 3.8) is 0 Å². The van der Waals surface area contributed by atoms with Gasteiger partial charge in [-0.05, 0) is 29.8 Å². The molecule has 2 N–H and O–H groups in total. The molecule has 0 bridgehead atoms. The van der Waals surface area contributed by atoms with Gasteiger partial charge in [0.05, 0.1) is 18.6 Å². The lowest BCUT2D eigenvalue weighted by atomic mass is 10.1. The predicted octanol–water partition coefficient (Wildman–Crippen LogP) is 3.61. The molecule has 0 fully saturated rings. The van der Waals surface area contributed by atoms with E-state index < -0.39 is 58.5 Å². The number of rotatable bonds is 7. The minimum Gasteiger partial charge on any atom is -0.466 e. The topological polar surface area (TPSA) is 81.8 Å². The molecule has 148 valence electrons. The van der Waals surface area contributed by atoms with Gasteiger partial charge in [0.2, 0.25) is 0 Å². The van der Waals surface area contributed by atoms with Gasteiger partial charge in [-0.2, -0.15) is 0 Å². The second kappa shape index (κ2) is 9.12. The molecule has 0 aliphatic heterocycles. The van der Waals surface area contributed by atoms with E-state index in [0.717, 1.165) is 24.3 Å². The number of hydrogen-bond donors (Lipinski definition) is 1. The fourth-order valence-corrected chi connectivity index (χ4v) is 2.34. The summed E-state index contributed by atoms with van der Waals surface area (Å²) in [4.78, 5) is 26.3. The van der Waals surface area contributed by atoms with E-state index in [0.29, 0.717) is 6.07 Å². The van der Waals surface area contributed by atoms with E-state index in [9.17, 15) is 27.2 Å². The summed E-state index contributed by atoms with van der Waals surface area (Å²) in [6.07, 6.45) is -0.523. The summed E-state index contributed by atoms with van der Waals surface area (Å²) in [6.45, 7) is 1.16. The largest absolute Gasteiger partial charge is 0.466 e. The first-order valence-electron chi connectivity index (χ1n) is 8.10. The molecule has 0 aliphatic carbocycles. The SMILES string of the molecule is CC(=O)OCCc1cc(F)c(N=C(N)CC(=O)c2ccc(F)cc2F)c(F)c1. The highest BCUT2D eigenvalue weighted by atomic mass is 19.1. The minimum absolute atomic E-state index is 0.0449. The van der Waals surface area contributed by atoms with Crippen LogP contribution in [0.5, 0.6) is 0 Å². The van der Waals surface area contributed by atoms with Crippen LogP contribution in [0.25, 0.3) is 0 Å². The smallest absolute Gasteiger partial charge is 0.302 e. The molecule has 0 heterocycles. The van der Waals surface area contributed by atoms with E-state index in [1.54, 1.807) is 0 Å². The maximum atomic E-state index is 14.1. The first-order valence-corrected chi connectivity index (χ1v) is 8.10. The predicted molar refractivity (Wildman–Crippen MR) is 93.3 cm³/mol. The Kier molecular flexibility index (Phi) is 6.86. The Bertz CT molecular complexity index is 922. The van der Waals surface area contributed by atoms with Crippen molar-refractivity contribution in [1.29, 1.82) is 0 Å². The summed E-state index contributed by atoms with van der Waals surface area (Å²) in [5.74, 6) is -5.77. The highest BCUT2D eigenvalue weighted by molar-refractivity contribution is 6.09. The van der Waals surface area contributed by atoms with Crippen molar-refractivity contribution in [2.45, 2.75) is 19.8 Å². The van der Waals surface area contributed by atoms with Gasteiger partial charge in [0.1, 0.15) is 23.2 Å². The van der Waals surface area contributed by atoms with E-state index in [1.807, 2.05) is 0 Å². The van der Waals surface area contributed by atoms with E-state index in [2.05, 4.69) is 4.99 Å². The lowest BCUT2D eigenvalue weighted by Gasteiger charge is -2.07. The Morgan fingerprint density at radius 1 is 1.04 bits per heavy atom. The van der Waals surface area contributed by atoms with Crippen LogP contribution in [0.4, 0.5) is 23.2 Å². The monoisotopic (exact) mass is 396 g/mol. The van der Waals surface area contributed by atoms with Crippen LogP contribution in [0.3, 0.4) is 0 Å². The zero-order chi connectivity index (χ0) is 20.8. The Labute approximate surface area is 157 Å². The molecule has 0 amide bonds. The summed E-state index contributed by atoms with van der Waals surface area (Å²) in [7, 11) is 0. The van der Waals surface area contributed by atoms with Crippen molar-refractivity contribution >= 4 is 23.3 Å². The van der Waals surface area contributed by atoms with Crippen molar-refractivity contribution in [1.82, 2.24) is 0 Å². The third-order valence-electron chi connectivity index (χ3n) is 3.60. The molecule has 28 heavy (non-hydrogen) atoms. The molecule has 0 atom stereocenters. The molecule has 2 aromatic carbocycles. The Morgan fingerprint density at radius 3 is 2.25 bits per heavy atom. The van der Waals surface area contributed by atoms with E-state index in [4.69, 9.17) is 10.5 Å². The van der Waals surface area contributed by atoms with Crippen molar-refractivity contribution in [3.05, 3.63) is 64.7 Å². The van der Waals surface area contributed by atoms with Crippen molar-refractivity contribution < 1.29 is 31.9 Å². The van der Waals surface area contributed by atoms with E-state index in [1.165, 1.54) is 6.92 Å². The number of nitrogens with zero attached hydrogens (tertiary/aromatic N) is 1. The number of esters is 1. The Balaban J connectivity index is 2.14. The van der Waals surface area contributed by atoms with Crippen LogP contribution < -0.4 is 5.73 Å². The quantitative estimate of drug-likeness (QED) is 0.255. The highest BCUT2D eigenvalue weighted by Gasteiger charge is 2.16. The molecule has 0 aliphatic rings. The van der Waals surface area contributed by atoms with Gasteiger partial charge in [-0.3, -0.25) is 9.59 Å². The van der Waals surface area contributed by atoms with E-state index in [-0.39, 0.29) is 18.6 Å². The number of ketones is 1. The highest BCUT2D eigenvalue weighted by Crippen LogP contribution is 2.24. The average Bonchev–Trinajstić information content (AvgIpc) is 2.57. The fourth-order valence-electron chi connectivity index (χ4n) is 2.34. The van der Waals surface area contributed by atoms with Crippen molar-refractivity contribution in [3.8, 4) is 0 Å². The molecule has 0 unspecified atom stereocenters. The van der Waals surface area contributed by atoms with E-state index >= 15 is 0 Å². The van der Waals surface area contributed by atoms with Crippen molar-refractivity contribution in [2.75, 3.05) is 6.61 Å². The first-order chi connectivity index (χ1) is 13.2. The van der Waals surface area contributed by atoms with Crippen LogP contribution in [-0.4, -0.2) is 24.2 Å². The third-order valence-corrected chi connectivity index (χ3v) is 3.60. The number of hydrogen-bond acceptors (Lipinski definition) is 4. The standard InChI is InChI=1S/C19H16F4N2O3/c1-10(26)28-5-4-11-6-15(22)19(16(23)7-11)25-18(24)9-17(27)13-3-2-12(20)8-14(13)21/h2-3,6-8H,4-5,9H2,1H3,(H2,24,25). The van der Waals surface area contributed by atoms with Crippen LogP contribution in [0.2, 0.25) is 0 Å². The molecule has 2 rings (SSSR count). The molecule has 0 aromatic heterocycles. The number of carbonyl (C=O) groups is 2. The molecule has 9 heteroatoms. The number of aliphatic imine (C=N–C) groups is 1. The maximum absolute atomic E-state index is 14.1. The number of amidine groups is 1. The first kappa shape index (κ1) is 21.1.